The first-order chi connectivity index (χ1) is 11.2. The molecule has 4 rings (SSSR count). The van der Waals surface area contributed by atoms with Crippen LogP contribution in [0.3, 0.4) is 0 Å². The minimum atomic E-state index is 0.0353. The molecule has 0 amide bonds. The Balaban J connectivity index is 1.83. The Labute approximate surface area is 141 Å². The molecule has 1 N–H and O–H groups in total. The summed E-state index contributed by atoms with van der Waals surface area (Å²) in [5.41, 5.74) is 2.77. The van der Waals surface area contributed by atoms with Gasteiger partial charge in [0, 0.05) is 16.9 Å². The average Bonchev–Trinajstić information content (AvgIpc) is 2.58. The largest absolute Gasteiger partial charge is 0.507 e. The van der Waals surface area contributed by atoms with Gasteiger partial charge in [0.2, 0.25) is 0 Å². The molecule has 2 aliphatic rings. The van der Waals surface area contributed by atoms with Gasteiger partial charge in [-0.2, -0.15) is 0 Å². The van der Waals surface area contributed by atoms with Crippen molar-refractivity contribution < 1.29 is 5.11 Å². The van der Waals surface area contributed by atoms with Gasteiger partial charge >= 0.3 is 0 Å². The Kier molecular flexibility index (Phi) is 3.70. The van der Waals surface area contributed by atoms with Crippen LogP contribution >= 0.6 is 11.8 Å². The SMILES string of the molecule is C=CCN1CCC2(CC1)c1ccccc1Sc1c(O)cccc12. The monoisotopic (exact) mass is 323 g/mol. The Hall–Kier alpha value is -1.71. The normalized spacial score (nSPS) is 19.1. The van der Waals surface area contributed by atoms with Crippen LogP contribution in [0, 0.1) is 0 Å². The minimum Gasteiger partial charge on any atom is -0.507 e. The van der Waals surface area contributed by atoms with Crippen LogP contribution in [0.25, 0.3) is 0 Å². The highest BCUT2D eigenvalue weighted by Gasteiger charge is 2.43. The average molecular weight is 323 g/mol. The Morgan fingerprint density at radius 1 is 1.09 bits per heavy atom. The molecule has 23 heavy (non-hydrogen) atoms. The topological polar surface area (TPSA) is 23.5 Å². The van der Waals surface area contributed by atoms with Gasteiger partial charge in [0.1, 0.15) is 5.75 Å². The summed E-state index contributed by atoms with van der Waals surface area (Å²) in [5.74, 6) is 0.412. The standard InChI is InChI=1S/C20H21NOS/c1-2-12-21-13-10-20(11-14-21)15-6-3-4-9-18(15)23-19-16(20)7-5-8-17(19)22/h2-9,22H,1,10-14H2. The van der Waals surface area contributed by atoms with Crippen LogP contribution in [0.2, 0.25) is 0 Å². The molecule has 0 bridgehead atoms. The first-order valence-electron chi connectivity index (χ1n) is 8.18. The van der Waals surface area contributed by atoms with Crippen molar-refractivity contribution >= 4 is 11.8 Å². The van der Waals surface area contributed by atoms with E-state index in [2.05, 4.69) is 41.8 Å². The van der Waals surface area contributed by atoms with Gasteiger partial charge in [-0.05, 0) is 49.2 Å². The van der Waals surface area contributed by atoms with E-state index in [1.807, 2.05) is 12.1 Å². The maximum atomic E-state index is 10.4. The van der Waals surface area contributed by atoms with Crippen LogP contribution in [0.4, 0.5) is 0 Å². The fourth-order valence-corrected chi connectivity index (χ4v) is 5.34. The molecule has 0 saturated carbocycles. The lowest BCUT2D eigenvalue weighted by Crippen LogP contribution is -2.44. The van der Waals surface area contributed by atoms with E-state index in [4.69, 9.17) is 0 Å². The van der Waals surface area contributed by atoms with Crippen molar-refractivity contribution in [3.63, 3.8) is 0 Å². The number of rotatable bonds is 2. The van der Waals surface area contributed by atoms with Crippen molar-refractivity contribution in [1.82, 2.24) is 4.90 Å². The maximum absolute atomic E-state index is 10.4. The van der Waals surface area contributed by atoms with Crippen LogP contribution in [0.15, 0.2) is 64.9 Å². The summed E-state index contributed by atoms with van der Waals surface area (Å²) >= 11 is 1.71. The lowest BCUT2D eigenvalue weighted by Gasteiger charge is -2.46. The molecule has 118 valence electrons. The summed E-state index contributed by atoms with van der Waals surface area (Å²) < 4.78 is 0. The van der Waals surface area contributed by atoms with E-state index in [1.165, 1.54) is 16.0 Å². The third kappa shape index (κ3) is 2.30. The van der Waals surface area contributed by atoms with Crippen LogP contribution in [-0.2, 0) is 5.41 Å². The van der Waals surface area contributed by atoms with Gasteiger partial charge < -0.3 is 5.11 Å². The van der Waals surface area contributed by atoms with E-state index >= 15 is 0 Å². The molecule has 0 aromatic heterocycles. The van der Waals surface area contributed by atoms with Crippen LogP contribution < -0.4 is 0 Å². The fourth-order valence-electron chi connectivity index (χ4n) is 4.05. The van der Waals surface area contributed by atoms with Gasteiger partial charge in [-0.3, -0.25) is 4.90 Å². The molecule has 0 radical (unpaired) electrons. The number of hydrogen-bond donors (Lipinski definition) is 1. The van der Waals surface area contributed by atoms with Gasteiger partial charge in [-0.15, -0.1) is 6.58 Å². The number of hydrogen-bond acceptors (Lipinski definition) is 3. The van der Waals surface area contributed by atoms with E-state index in [0.29, 0.717) is 5.75 Å². The van der Waals surface area contributed by atoms with E-state index in [1.54, 1.807) is 17.8 Å². The molecule has 0 aliphatic carbocycles. The predicted molar refractivity (Wildman–Crippen MR) is 95.3 cm³/mol. The van der Waals surface area contributed by atoms with Gasteiger partial charge in [0.15, 0.2) is 0 Å². The molecule has 2 aliphatic heterocycles. The van der Waals surface area contributed by atoms with Crippen molar-refractivity contribution in [3.05, 3.63) is 66.2 Å². The van der Waals surface area contributed by atoms with Crippen molar-refractivity contribution in [2.75, 3.05) is 19.6 Å². The summed E-state index contributed by atoms with van der Waals surface area (Å²) in [6.07, 6.45) is 4.17. The second kappa shape index (κ2) is 5.73. The number of aromatic hydroxyl groups is 1. The highest BCUT2D eigenvalue weighted by molar-refractivity contribution is 7.99. The van der Waals surface area contributed by atoms with E-state index in [0.717, 1.165) is 37.4 Å². The fraction of sp³-hybridized carbons (Fsp3) is 0.300. The highest BCUT2D eigenvalue weighted by Crippen LogP contribution is 2.55. The predicted octanol–water partition coefficient (Wildman–Crippen LogP) is 4.42. The number of phenolic OH excluding ortho intramolecular Hbond substituents is 1. The molecule has 1 saturated heterocycles. The second-order valence-electron chi connectivity index (χ2n) is 6.42. The quantitative estimate of drug-likeness (QED) is 0.827. The van der Waals surface area contributed by atoms with Crippen molar-refractivity contribution in [2.45, 2.75) is 28.0 Å². The smallest absolute Gasteiger partial charge is 0.129 e. The lowest BCUT2D eigenvalue weighted by molar-refractivity contribution is 0.191. The first-order valence-corrected chi connectivity index (χ1v) is 8.99. The summed E-state index contributed by atoms with van der Waals surface area (Å²) in [6.45, 7) is 6.96. The van der Waals surface area contributed by atoms with E-state index < -0.39 is 0 Å². The summed E-state index contributed by atoms with van der Waals surface area (Å²) in [5, 5.41) is 10.4. The van der Waals surface area contributed by atoms with Gasteiger partial charge in [0.25, 0.3) is 0 Å². The zero-order valence-electron chi connectivity index (χ0n) is 13.2. The Morgan fingerprint density at radius 3 is 2.61 bits per heavy atom. The van der Waals surface area contributed by atoms with Crippen LogP contribution in [-0.4, -0.2) is 29.6 Å². The maximum Gasteiger partial charge on any atom is 0.129 e. The zero-order chi connectivity index (χ0) is 15.9. The molecule has 3 heteroatoms. The molecule has 2 aromatic rings. The summed E-state index contributed by atoms with van der Waals surface area (Å²) in [6, 6.07) is 14.7. The number of fused-ring (bicyclic) bond motifs is 4. The third-order valence-corrected chi connectivity index (χ3v) is 6.43. The molecular weight excluding hydrogens is 302 g/mol. The number of likely N-dealkylation sites (tertiary alicyclic amines) is 1. The van der Waals surface area contributed by atoms with Crippen molar-refractivity contribution in [2.24, 2.45) is 0 Å². The molecule has 1 spiro atoms. The first kappa shape index (κ1) is 14.9. The number of piperidine rings is 1. The third-order valence-electron chi connectivity index (χ3n) is 5.22. The van der Waals surface area contributed by atoms with Gasteiger partial charge in [-0.1, -0.05) is 48.2 Å². The van der Waals surface area contributed by atoms with Crippen LogP contribution in [0.1, 0.15) is 24.0 Å². The van der Waals surface area contributed by atoms with E-state index in [-0.39, 0.29) is 5.41 Å². The van der Waals surface area contributed by atoms with Crippen molar-refractivity contribution in [3.8, 4) is 5.75 Å². The lowest BCUT2D eigenvalue weighted by atomic mass is 9.67. The summed E-state index contributed by atoms with van der Waals surface area (Å²) in [4.78, 5) is 4.80. The molecule has 2 nitrogen and oxygen atoms in total. The second-order valence-corrected chi connectivity index (χ2v) is 7.48. The molecule has 1 fully saturated rings. The molecule has 2 aromatic carbocycles. The molecule has 0 atom stereocenters. The molecule has 0 unspecified atom stereocenters. The summed E-state index contributed by atoms with van der Waals surface area (Å²) in [7, 11) is 0. The van der Waals surface area contributed by atoms with Crippen LogP contribution in [0.5, 0.6) is 5.75 Å². The molecular formula is C20H21NOS. The van der Waals surface area contributed by atoms with E-state index in [9.17, 15) is 5.11 Å². The minimum absolute atomic E-state index is 0.0353. The number of phenols is 1. The Morgan fingerprint density at radius 2 is 1.83 bits per heavy atom. The molecule has 2 heterocycles. The number of nitrogens with zero attached hydrogens (tertiary/aromatic N) is 1. The Bertz CT molecular complexity index is 747. The zero-order valence-corrected chi connectivity index (χ0v) is 14.0. The van der Waals surface area contributed by atoms with Gasteiger partial charge in [0.05, 0.1) is 4.90 Å². The van der Waals surface area contributed by atoms with Gasteiger partial charge in [-0.25, -0.2) is 0 Å². The van der Waals surface area contributed by atoms with Crippen molar-refractivity contribution in [1.29, 1.82) is 0 Å². The number of benzene rings is 2. The highest BCUT2D eigenvalue weighted by atomic mass is 32.2.